The van der Waals surface area contributed by atoms with Crippen LogP contribution in [0.5, 0.6) is 5.88 Å². The third kappa shape index (κ3) is 6.28. The van der Waals surface area contributed by atoms with Crippen LogP contribution in [0.2, 0.25) is 0 Å². The molecule has 0 unspecified atom stereocenters. The van der Waals surface area contributed by atoms with Crippen LogP contribution in [0.4, 0.5) is 4.39 Å². The molecule has 242 valence electrons. The first-order chi connectivity index (χ1) is 22.0. The van der Waals surface area contributed by atoms with Gasteiger partial charge in [0.2, 0.25) is 23.6 Å². The van der Waals surface area contributed by atoms with Gasteiger partial charge in [-0.1, -0.05) is 25.0 Å². The van der Waals surface area contributed by atoms with Crippen LogP contribution in [0.3, 0.4) is 0 Å². The summed E-state index contributed by atoms with van der Waals surface area (Å²) in [6.07, 6.45) is 8.77. The summed E-state index contributed by atoms with van der Waals surface area (Å²) < 4.78 is 21.6. The zero-order valence-electron chi connectivity index (χ0n) is 25.7. The lowest BCUT2D eigenvalue weighted by Crippen LogP contribution is -2.57. The van der Waals surface area contributed by atoms with Crippen LogP contribution < -0.4 is 21.1 Å². The van der Waals surface area contributed by atoms with Crippen molar-refractivity contribution in [1.82, 2.24) is 35.3 Å². The van der Waals surface area contributed by atoms with E-state index in [-0.39, 0.29) is 30.5 Å². The van der Waals surface area contributed by atoms with Crippen LogP contribution in [0.25, 0.3) is 11.0 Å². The summed E-state index contributed by atoms with van der Waals surface area (Å²) in [5.74, 6) is -2.69. The van der Waals surface area contributed by atoms with E-state index in [2.05, 4.69) is 25.7 Å². The van der Waals surface area contributed by atoms with Crippen LogP contribution in [-0.2, 0) is 21.4 Å². The average Bonchev–Trinajstić information content (AvgIpc) is 3.30. The first kappa shape index (κ1) is 31.1. The lowest BCUT2D eigenvalue weighted by atomic mass is 10.0. The quantitative estimate of drug-likeness (QED) is 0.357. The number of rotatable bonds is 5. The van der Waals surface area contributed by atoms with E-state index >= 15 is 0 Å². The molecule has 4 N–H and O–H groups in total. The van der Waals surface area contributed by atoms with E-state index in [1.165, 1.54) is 27.8 Å². The van der Waals surface area contributed by atoms with Crippen molar-refractivity contribution in [3.05, 3.63) is 59.8 Å². The Morgan fingerprint density at radius 2 is 1.98 bits per heavy atom. The number of fused-ring (bicyclic) bond motifs is 3. The number of nitrogens with zero attached hydrogens (tertiary/aromatic N) is 5. The van der Waals surface area contributed by atoms with Gasteiger partial charge in [0.1, 0.15) is 40.9 Å². The number of aromatic nitrogens is 4. The highest BCUT2D eigenvalue weighted by molar-refractivity contribution is 5.99. The van der Waals surface area contributed by atoms with E-state index in [4.69, 9.17) is 10.5 Å². The van der Waals surface area contributed by atoms with Gasteiger partial charge in [-0.2, -0.15) is 5.10 Å². The van der Waals surface area contributed by atoms with Gasteiger partial charge in [0.05, 0.1) is 17.6 Å². The fourth-order valence-corrected chi connectivity index (χ4v) is 6.33. The van der Waals surface area contributed by atoms with Gasteiger partial charge < -0.3 is 26.0 Å². The highest BCUT2D eigenvalue weighted by Crippen LogP contribution is 2.45. The number of nitrogens with one attached hydrogen (secondary N) is 2. The van der Waals surface area contributed by atoms with Crippen molar-refractivity contribution in [3.8, 4) is 5.88 Å². The second-order valence-corrected chi connectivity index (χ2v) is 12.3. The van der Waals surface area contributed by atoms with Crippen LogP contribution in [0.15, 0.2) is 42.6 Å². The van der Waals surface area contributed by atoms with Gasteiger partial charge in [0.25, 0.3) is 5.91 Å². The number of aryl methyl sites for hydroxylation is 2. The minimum atomic E-state index is -1.24. The number of hydrogen-bond donors (Lipinski definition) is 3. The fourth-order valence-electron chi connectivity index (χ4n) is 6.33. The third-order valence-electron chi connectivity index (χ3n) is 8.97. The van der Waals surface area contributed by atoms with Crippen molar-refractivity contribution in [1.29, 1.82) is 0 Å². The second-order valence-electron chi connectivity index (χ2n) is 12.3. The third-order valence-corrected chi connectivity index (χ3v) is 8.97. The molecule has 13 nitrogen and oxygen atoms in total. The molecule has 0 spiro atoms. The molecule has 4 heterocycles. The molecule has 2 aromatic heterocycles. The Hall–Kier alpha value is -4.88. The zero-order valence-corrected chi connectivity index (χ0v) is 25.7. The Bertz CT molecular complexity index is 1730. The lowest BCUT2D eigenvalue weighted by Gasteiger charge is -2.29. The Morgan fingerprint density at radius 1 is 1.15 bits per heavy atom. The van der Waals surface area contributed by atoms with Crippen LogP contribution in [0.1, 0.15) is 61.1 Å². The van der Waals surface area contributed by atoms with Crippen molar-refractivity contribution < 1.29 is 28.3 Å². The number of hydrogen-bond acceptors (Lipinski definition) is 8. The van der Waals surface area contributed by atoms with E-state index in [1.807, 2.05) is 12.2 Å². The summed E-state index contributed by atoms with van der Waals surface area (Å²) in [4.78, 5) is 64.2. The minimum Gasteiger partial charge on any atom is -0.471 e. The fraction of sp³-hybridized carbons (Fsp3) is 0.469. The van der Waals surface area contributed by atoms with Gasteiger partial charge in [-0.05, 0) is 50.8 Å². The summed E-state index contributed by atoms with van der Waals surface area (Å²) in [6.45, 7) is 1.71. The van der Waals surface area contributed by atoms with Gasteiger partial charge >= 0.3 is 0 Å². The van der Waals surface area contributed by atoms with Gasteiger partial charge in [-0.3, -0.25) is 23.9 Å². The molecule has 3 aromatic rings. The van der Waals surface area contributed by atoms with Gasteiger partial charge in [0, 0.05) is 31.6 Å². The molecule has 1 aliphatic carbocycles. The summed E-state index contributed by atoms with van der Waals surface area (Å²) in [6, 6.07) is 3.67. The first-order valence-corrected chi connectivity index (χ1v) is 15.5. The molecule has 4 amide bonds. The number of halogens is 1. The summed E-state index contributed by atoms with van der Waals surface area (Å²) >= 11 is 0. The second kappa shape index (κ2) is 12.5. The molecule has 0 bridgehead atoms. The molecule has 6 rings (SSSR count). The molecule has 3 aliphatic rings. The normalized spacial score (nSPS) is 27.5. The molecule has 1 aromatic carbocycles. The minimum absolute atomic E-state index is 0.00207. The SMILES string of the molecule is Cc1nc2ccc(F)cc2nc1O[C@@H]1C[C@H]2C(=O)N[C@]3(C(N)=O)C[C@H]3/C=C\CCCCC[C@H](NC(=O)c3ccn(C)n3)C(=O)N2C1. The number of carbonyl (C=O) groups excluding carboxylic acids is 4. The lowest BCUT2D eigenvalue weighted by molar-refractivity contribution is -0.141. The first-order valence-electron chi connectivity index (χ1n) is 15.5. The maximum Gasteiger partial charge on any atom is 0.272 e. The molecule has 2 aliphatic heterocycles. The van der Waals surface area contributed by atoms with Crippen molar-refractivity contribution in [3.63, 3.8) is 0 Å². The molecule has 0 radical (unpaired) electrons. The Morgan fingerprint density at radius 3 is 2.74 bits per heavy atom. The highest BCUT2D eigenvalue weighted by Gasteiger charge is 2.60. The standard InChI is InChI=1S/C32H37FN8O5/c1-18-29(37-25-14-20(33)10-11-22(25)35-18)46-21-15-26-28(43)38-32(31(34)45)16-19(32)8-6-4-3-5-7-9-24(30(44)41(26)17-21)36-27(42)23-12-13-40(2)39-23/h6,8,10-14,19,21,24,26H,3-5,7,9,15-17H2,1-2H3,(H2,34,45)(H,36,42)(H,38,43)/b8-6-/t19-,21-,24+,26+,32-/m1/s1. The smallest absolute Gasteiger partial charge is 0.272 e. The largest absolute Gasteiger partial charge is 0.471 e. The van der Waals surface area contributed by atoms with Crippen molar-refractivity contribution in [2.45, 2.75) is 75.6 Å². The van der Waals surface area contributed by atoms with Crippen molar-refractivity contribution in [2.24, 2.45) is 18.7 Å². The maximum absolute atomic E-state index is 14.2. The van der Waals surface area contributed by atoms with E-state index in [9.17, 15) is 23.6 Å². The molecule has 2 fully saturated rings. The van der Waals surface area contributed by atoms with Crippen molar-refractivity contribution >= 4 is 34.7 Å². The zero-order chi connectivity index (χ0) is 32.6. The number of benzene rings is 1. The average molecular weight is 633 g/mol. The molecule has 5 atom stereocenters. The van der Waals surface area contributed by atoms with Crippen LogP contribution >= 0.6 is 0 Å². The van der Waals surface area contributed by atoms with E-state index in [0.717, 1.165) is 19.3 Å². The van der Waals surface area contributed by atoms with Gasteiger partial charge in [0.15, 0.2) is 0 Å². The number of primary amides is 1. The predicted octanol–water partition coefficient (Wildman–Crippen LogP) is 1.84. The Balaban J connectivity index is 1.30. The summed E-state index contributed by atoms with van der Waals surface area (Å²) in [5, 5.41) is 9.85. The highest BCUT2D eigenvalue weighted by atomic mass is 19.1. The monoisotopic (exact) mass is 632 g/mol. The summed E-state index contributed by atoms with van der Waals surface area (Å²) in [5.41, 5.74) is 5.96. The Labute approximate surface area is 264 Å². The number of carbonyl (C=O) groups is 4. The number of ether oxygens (including phenoxy) is 1. The van der Waals surface area contributed by atoms with E-state index < -0.39 is 53.2 Å². The molecule has 1 saturated heterocycles. The molecular formula is C32H37FN8O5. The summed E-state index contributed by atoms with van der Waals surface area (Å²) in [7, 11) is 1.69. The van der Waals surface area contributed by atoms with E-state index in [0.29, 0.717) is 36.0 Å². The Kier molecular flexibility index (Phi) is 8.45. The van der Waals surface area contributed by atoms with Crippen molar-refractivity contribution in [2.75, 3.05) is 6.54 Å². The molecular weight excluding hydrogens is 595 g/mol. The molecule has 14 heteroatoms. The maximum atomic E-state index is 14.2. The number of amides is 4. The topological polar surface area (TPSA) is 174 Å². The number of nitrogens with two attached hydrogens (primary N) is 1. The number of allylic oxidation sites excluding steroid dienone is 1. The predicted molar refractivity (Wildman–Crippen MR) is 164 cm³/mol. The molecule has 1 saturated carbocycles. The van der Waals surface area contributed by atoms with E-state index in [1.54, 1.807) is 26.2 Å². The van der Waals surface area contributed by atoms with Gasteiger partial charge in [-0.15, -0.1) is 0 Å². The molecule has 46 heavy (non-hydrogen) atoms. The van der Waals surface area contributed by atoms with Crippen LogP contribution in [-0.4, -0.2) is 78.5 Å². The van der Waals surface area contributed by atoms with Gasteiger partial charge in [-0.25, -0.2) is 14.4 Å². The van der Waals surface area contributed by atoms with Crippen LogP contribution in [0, 0.1) is 18.7 Å².